The van der Waals surface area contributed by atoms with Crippen LogP contribution < -0.4 is 17.0 Å². The smallest absolute Gasteiger partial charge is 0.303 e. The molecule has 6 nitrogen and oxygen atoms in total. The molecule has 39 heavy (non-hydrogen) atoms. The first-order valence-corrected chi connectivity index (χ1v) is 15.9. The van der Waals surface area contributed by atoms with E-state index in [0.29, 0.717) is 29.7 Å². The number of quaternary nitrogens is 1. The topological polar surface area (TPSA) is 59.0 Å². The number of aliphatic hydroxyl groups excluding tert-OH is 1. The van der Waals surface area contributed by atoms with Crippen LogP contribution in [-0.2, 0) is 14.3 Å². The van der Waals surface area contributed by atoms with Crippen LogP contribution in [0.4, 0.5) is 0 Å². The van der Waals surface area contributed by atoms with Gasteiger partial charge < -0.3 is 36.0 Å². The average molecular weight is 610 g/mol. The van der Waals surface area contributed by atoms with Gasteiger partial charge in [0.1, 0.15) is 6.04 Å². The molecule has 2 aliphatic heterocycles. The molecule has 0 amide bonds. The number of rotatable bonds is 5. The van der Waals surface area contributed by atoms with Crippen molar-refractivity contribution in [2.75, 3.05) is 45.9 Å². The fourth-order valence-electron chi connectivity index (χ4n) is 11.3. The predicted molar refractivity (Wildman–Crippen MR) is 148 cm³/mol. The van der Waals surface area contributed by atoms with Crippen LogP contribution in [-0.4, -0.2) is 90.7 Å². The van der Waals surface area contributed by atoms with Gasteiger partial charge in [-0.05, 0) is 73.7 Å². The van der Waals surface area contributed by atoms with Gasteiger partial charge in [0.05, 0.1) is 39.0 Å². The second-order valence-electron chi connectivity index (χ2n) is 14.6. The Morgan fingerprint density at radius 1 is 1.10 bits per heavy atom. The molecular weight excluding hydrogens is 556 g/mol. The molecule has 6 aliphatic rings. The summed E-state index contributed by atoms with van der Waals surface area (Å²) in [5.41, 5.74) is 0.343. The van der Waals surface area contributed by atoms with Crippen molar-refractivity contribution in [3.05, 3.63) is 12.7 Å². The molecule has 10 atom stereocenters. The molecule has 4 aliphatic carbocycles. The highest BCUT2D eigenvalue weighted by Gasteiger charge is 2.67. The Labute approximate surface area is 247 Å². The van der Waals surface area contributed by atoms with E-state index in [2.05, 4.69) is 31.4 Å². The molecule has 6 rings (SSSR count). The second kappa shape index (κ2) is 11.3. The van der Waals surface area contributed by atoms with Gasteiger partial charge in [-0.25, -0.2) is 0 Å². The molecule has 0 aromatic rings. The average Bonchev–Trinajstić information content (AvgIpc) is 3.48. The molecule has 1 N–H and O–H groups in total. The van der Waals surface area contributed by atoms with E-state index < -0.39 is 0 Å². The highest BCUT2D eigenvalue weighted by atomic mass is 79.9. The van der Waals surface area contributed by atoms with Crippen molar-refractivity contribution in [1.29, 1.82) is 0 Å². The summed E-state index contributed by atoms with van der Waals surface area (Å²) in [6.45, 7) is 17.7. The van der Waals surface area contributed by atoms with Gasteiger partial charge >= 0.3 is 5.97 Å². The number of aliphatic hydroxyl groups is 1. The molecule has 0 aromatic heterocycles. The number of carbonyl (C=O) groups is 1. The van der Waals surface area contributed by atoms with Gasteiger partial charge in [-0.1, -0.05) is 20.4 Å². The van der Waals surface area contributed by atoms with Crippen LogP contribution in [0.2, 0.25) is 0 Å². The van der Waals surface area contributed by atoms with Gasteiger partial charge in [-0.15, -0.1) is 0 Å². The summed E-state index contributed by atoms with van der Waals surface area (Å²) in [6, 6.07) is 0.663. The van der Waals surface area contributed by atoms with Crippen molar-refractivity contribution in [1.82, 2.24) is 4.90 Å². The number of hydrogen-bond acceptors (Lipinski definition) is 5. The Kier molecular flexibility index (Phi) is 8.70. The standard InChI is InChI=1S/C32H53N2O4.BrH/c1-5-14-34(15-6-7-16-34)28-20-26-24-9-8-23-19-29(36)27(33-12-17-37-18-13-33)21-32(23,4)25(24)10-11-31(26,3)30(28)38-22(2)35;/h5,23-30,36H,1,6-21H2,2-4H3;1H/q+1;/p-1/t23-,24+,25-,26-,27-,28+,29-,30-,31-,32-;/m0./s1. The van der Waals surface area contributed by atoms with E-state index in [9.17, 15) is 9.90 Å². The summed E-state index contributed by atoms with van der Waals surface area (Å²) in [5.74, 6) is 2.54. The van der Waals surface area contributed by atoms with Crippen molar-refractivity contribution in [3.8, 4) is 0 Å². The van der Waals surface area contributed by atoms with Gasteiger partial charge in [-0.3, -0.25) is 9.69 Å². The molecule has 7 heteroatoms. The lowest BCUT2D eigenvalue weighted by molar-refractivity contribution is -0.937. The largest absolute Gasteiger partial charge is 1.00 e. The molecule has 0 aromatic carbocycles. The molecule has 0 unspecified atom stereocenters. The van der Waals surface area contributed by atoms with Crippen LogP contribution in [0.3, 0.4) is 0 Å². The number of esters is 1. The van der Waals surface area contributed by atoms with Gasteiger partial charge in [0.25, 0.3) is 0 Å². The van der Waals surface area contributed by atoms with E-state index >= 15 is 0 Å². The first kappa shape index (κ1) is 30.0. The van der Waals surface area contributed by atoms with E-state index in [4.69, 9.17) is 9.47 Å². The van der Waals surface area contributed by atoms with Crippen LogP contribution in [0.15, 0.2) is 12.7 Å². The van der Waals surface area contributed by atoms with Crippen molar-refractivity contribution in [3.63, 3.8) is 0 Å². The van der Waals surface area contributed by atoms with E-state index in [1.54, 1.807) is 6.92 Å². The number of nitrogens with zero attached hydrogens (tertiary/aromatic N) is 2. The van der Waals surface area contributed by atoms with Crippen molar-refractivity contribution < 1.29 is 40.8 Å². The number of fused-ring (bicyclic) bond motifs is 5. The van der Waals surface area contributed by atoms with E-state index in [-0.39, 0.29) is 52.0 Å². The zero-order chi connectivity index (χ0) is 26.7. The number of morpholine rings is 1. The van der Waals surface area contributed by atoms with Crippen LogP contribution in [0.1, 0.15) is 78.6 Å². The fraction of sp³-hybridized carbons (Fsp3) is 0.906. The minimum Gasteiger partial charge on any atom is -1.00 e. The number of hydrogen-bond donors (Lipinski definition) is 1. The first-order valence-electron chi connectivity index (χ1n) is 15.9. The normalized spacial score (nSPS) is 47.3. The molecule has 2 heterocycles. The third kappa shape index (κ3) is 4.88. The number of likely N-dealkylation sites (tertiary alicyclic amines) is 1. The Bertz CT molecular complexity index is 905. The summed E-state index contributed by atoms with van der Waals surface area (Å²) in [7, 11) is 0. The summed E-state index contributed by atoms with van der Waals surface area (Å²) in [5, 5.41) is 11.3. The maximum absolute atomic E-state index is 12.5. The minimum absolute atomic E-state index is 0. The SMILES string of the molecule is C=CC[N+]1([C@@H]2C[C@H]3[C@@H]4CC[C@H]5C[C@H](O)[C@@H](N6CCOCC6)C[C@]5(C)[C@H]4CC[C@]3(C)[C@H]2OC(C)=O)CCCC1.[Br-]. The Morgan fingerprint density at radius 2 is 1.82 bits per heavy atom. The monoisotopic (exact) mass is 608 g/mol. The van der Waals surface area contributed by atoms with Gasteiger partial charge in [0.15, 0.2) is 6.10 Å². The van der Waals surface area contributed by atoms with Crippen molar-refractivity contribution in [2.45, 2.75) is 103 Å². The summed E-state index contributed by atoms with van der Waals surface area (Å²) in [6.07, 6.45) is 12.7. The predicted octanol–water partition coefficient (Wildman–Crippen LogP) is 1.41. The third-order valence-electron chi connectivity index (χ3n) is 13.1. The number of carbonyl (C=O) groups excluding carboxylic acids is 1. The van der Waals surface area contributed by atoms with E-state index in [0.717, 1.165) is 56.6 Å². The zero-order valence-electron chi connectivity index (χ0n) is 24.7. The van der Waals surface area contributed by atoms with Gasteiger partial charge in [0.2, 0.25) is 0 Å². The molecular formula is C32H53BrN2O4. The molecule has 6 fully saturated rings. The number of ether oxygens (including phenoxy) is 2. The summed E-state index contributed by atoms with van der Waals surface area (Å²) in [4.78, 5) is 15.0. The number of halogens is 1. The maximum Gasteiger partial charge on any atom is 0.303 e. The lowest BCUT2D eigenvalue weighted by atomic mass is 9.44. The van der Waals surface area contributed by atoms with Gasteiger partial charge in [0, 0.05) is 50.7 Å². The van der Waals surface area contributed by atoms with Crippen LogP contribution in [0, 0.1) is 34.5 Å². The minimum atomic E-state index is -0.209. The van der Waals surface area contributed by atoms with E-state index in [1.165, 1.54) is 51.6 Å². The highest BCUT2D eigenvalue weighted by Crippen LogP contribution is 2.67. The zero-order valence-corrected chi connectivity index (χ0v) is 26.2. The van der Waals surface area contributed by atoms with Crippen molar-refractivity contribution >= 4 is 5.97 Å². The molecule has 0 bridgehead atoms. The Balaban J connectivity index is 0.00000308. The first-order chi connectivity index (χ1) is 18.2. The molecule has 222 valence electrons. The van der Waals surface area contributed by atoms with Crippen LogP contribution in [0.25, 0.3) is 0 Å². The maximum atomic E-state index is 12.5. The molecule has 0 spiro atoms. The van der Waals surface area contributed by atoms with Crippen molar-refractivity contribution in [2.24, 2.45) is 34.5 Å². The summed E-state index contributed by atoms with van der Waals surface area (Å²) < 4.78 is 13.1. The third-order valence-corrected chi connectivity index (χ3v) is 13.1. The summed E-state index contributed by atoms with van der Waals surface area (Å²) >= 11 is 0. The Hall–Kier alpha value is -0.470. The Morgan fingerprint density at radius 3 is 2.49 bits per heavy atom. The van der Waals surface area contributed by atoms with Crippen LogP contribution in [0.5, 0.6) is 0 Å². The van der Waals surface area contributed by atoms with Crippen LogP contribution >= 0.6 is 0 Å². The highest BCUT2D eigenvalue weighted by molar-refractivity contribution is 5.66. The van der Waals surface area contributed by atoms with Gasteiger partial charge in [-0.2, -0.15) is 0 Å². The molecule has 0 radical (unpaired) electrons. The second-order valence-corrected chi connectivity index (χ2v) is 14.6. The quantitative estimate of drug-likeness (QED) is 0.291. The van der Waals surface area contributed by atoms with E-state index in [1.807, 2.05) is 0 Å². The molecule has 2 saturated heterocycles. The fourth-order valence-corrected chi connectivity index (χ4v) is 11.3. The lowest BCUT2D eigenvalue weighted by Crippen LogP contribution is -3.00. The molecule has 4 saturated carbocycles. The lowest BCUT2D eigenvalue weighted by Gasteiger charge is -2.62.